The van der Waals surface area contributed by atoms with Gasteiger partial charge < -0.3 is 15.5 Å². The number of carbonyl (C=O) groups is 1. The molecule has 2 rings (SSSR count). The molecule has 1 saturated carbocycles. The number of hydrogen-bond donors (Lipinski definition) is 2. The molecule has 0 aliphatic heterocycles. The highest BCUT2D eigenvalue weighted by molar-refractivity contribution is 5.76. The van der Waals surface area contributed by atoms with Crippen LogP contribution in [0.25, 0.3) is 0 Å². The third-order valence-corrected chi connectivity index (χ3v) is 3.53. The third-order valence-electron chi connectivity index (χ3n) is 3.53. The molecule has 100 valence electrons. The molecule has 3 N–H and O–H groups in total. The number of aryl methyl sites for hydroxylation is 2. The van der Waals surface area contributed by atoms with Crippen molar-refractivity contribution in [2.24, 2.45) is 5.73 Å². The van der Waals surface area contributed by atoms with Gasteiger partial charge in [-0.15, -0.1) is 0 Å². The Bertz CT molecular complexity index is 392. The topological polar surface area (TPSA) is 68.3 Å². The van der Waals surface area contributed by atoms with Gasteiger partial charge >= 0.3 is 0 Å². The second kappa shape index (κ2) is 6.05. The molecule has 1 aromatic heterocycles. The van der Waals surface area contributed by atoms with Crippen LogP contribution in [0.3, 0.4) is 0 Å². The zero-order chi connectivity index (χ0) is 13.0. The van der Waals surface area contributed by atoms with E-state index in [4.69, 9.17) is 10.2 Å². The Balaban J connectivity index is 1.69. The Morgan fingerprint density at radius 3 is 2.72 bits per heavy atom. The summed E-state index contributed by atoms with van der Waals surface area (Å²) in [6.07, 6.45) is 5.21. The molecule has 4 nitrogen and oxygen atoms in total. The standard InChI is InChI=1S/C14H22N2O2/c1-10-2-7-13(18-10)8-9-14(17)16-12-5-3-11(15)4-6-12/h2,7,11-12H,3-6,8-9,15H2,1H3,(H,16,17). The van der Waals surface area contributed by atoms with Gasteiger partial charge in [-0.05, 0) is 44.7 Å². The van der Waals surface area contributed by atoms with E-state index in [1.807, 2.05) is 19.1 Å². The minimum absolute atomic E-state index is 0.115. The van der Waals surface area contributed by atoms with Gasteiger partial charge in [0, 0.05) is 24.9 Å². The SMILES string of the molecule is Cc1ccc(CCC(=O)NC2CCC(N)CC2)o1. The van der Waals surface area contributed by atoms with E-state index < -0.39 is 0 Å². The summed E-state index contributed by atoms with van der Waals surface area (Å²) in [5.74, 6) is 1.89. The Morgan fingerprint density at radius 2 is 2.11 bits per heavy atom. The molecule has 0 bridgehead atoms. The maximum atomic E-state index is 11.8. The molecule has 1 aliphatic carbocycles. The number of rotatable bonds is 4. The highest BCUT2D eigenvalue weighted by Gasteiger charge is 2.19. The van der Waals surface area contributed by atoms with Crippen LogP contribution in [0.5, 0.6) is 0 Å². The molecule has 1 heterocycles. The lowest BCUT2D eigenvalue weighted by atomic mass is 9.92. The van der Waals surface area contributed by atoms with Crippen LogP contribution in [0.2, 0.25) is 0 Å². The summed E-state index contributed by atoms with van der Waals surface area (Å²) in [5, 5.41) is 3.08. The fraction of sp³-hybridized carbons (Fsp3) is 0.643. The molecule has 4 heteroatoms. The van der Waals surface area contributed by atoms with E-state index in [9.17, 15) is 4.79 Å². The van der Waals surface area contributed by atoms with Gasteiger partial charge in [-0.25, -0.2) is 0 Å². The first-order valence-electron chi connectivity index (χ1n) is 6.74. The van der Waals surface area contributed by atoms with Crippen LogP contribution in [0.4, 0.5) is 0 Å². The summed E-state index contributed by atoms with van der Waals surface area (Å²) >= 11 is 0. The summed E-state index contributed by atoms with van der Waals surface area (Å²) in [4.78, 5) is 11.8. The highest BCUT2D eigenvalue weighted by Crippen LogP contribution is 2.17. The van der Waals surface area contributed by atoms with Gasteiger partial charge in [0.05, 0.1) is 0 Å². The molecule has 1 fully saturated rings. The van der Waals surface area contributed by atoms with Crippen LogP contribution < -0.4 is 11.1 Å². The van der Waals surface area contributed by atoms with Crippen molar-refractivity contribution < 1.29 is 9.21 Å². The summed E-state index contributed by atoms with van der Waals surface area (Å²) in [6, 6.07) is 4.50. The van der Waals surface area contributed by atoms with E-state index in [1.54, 1.807) is 0 Å². The summed E-state index contributed by atoms with van der Waals surface area (Å²) < 4.78 is 5.44. The molecular formula is C14H22N2O2. The van der Waals surface area contributed by atoms with Gasteiger partial charge in [-0.2, -0.15) is 0 Å². The fourth-order valence-corrected chi connectivity index (χ4v) is 2.42. The van der Waals surface area contributed by atoms with E-state index in [2.05, 4.69) is 5.32 Å². The monoisotopic (exact) mass is 250 g/mol. The number of nitrogens with two attached hydrogens (primary N) is 1. The van der Waals surface area contributed by atoms with Crippen molar-refractivity contribution in [2.75, 3.05) is 0 Å². The van der Waals surface area contributed by atoms with Crippen LogP contribution in [0.1, 0.15) is 43.6 Å². The maximum absolute atomic E-state index is 11.8. The molecule has 0 spiro atoms. The van der Waals surface area contributed by atoms with Gasteiger partial charge in [0.2, 0.25) is 5.91 Å². The number of nitrogens with one attached hydrogen (secondary N) is 1. The summed E-state index contributed by atoms with van der Waals surface area (Å²) in [7, 11) is 0. The smallest absolute Gasteiger partial charge is 0.220 e. The Kier molecular flexibility index (Phi) is 4.42. The molecule has 0 unspecified atom stereocenters. The van der Waals surface area contributed by atoms with Gasteiger partial charge in [-0.1, -0.05) is 0 Å². The highest BCUT2D eigenvalue weighted by atomic mass is 16.3. The average Bonchev–Trinajstić information content (AvgIpc) is 2.76. The van der Waals surface area contributed by atoms with Crippen molar-refractivity contribution in [1.82, 2.24) is 5.32 Å². The van der Waals surface area contributed by atoms with E-state index in [-0.39, 0.29) is 5.91 Å². The van der Waals surface area contributed by atoms with Crippen LogP contribution in [-0.2, 0) is 11.2 Å². The predicted molar refractivity (Wildman–Crippen MR) is 70.1 cm³/mol. The molecular weight excluding hydrogens is 228 g/mol. The first kappa shape index (κ1) is 13.1. The molecule has 1 aromatic rings. The first-order valence-corrected chi connectivity index (χ1v) is 6.74. The zero-order valence-electron chi connectivity index (χ0n) is 10.9. The van der Waals surface area contributed by atoms with E-state index in [0.717, 1.165) is 37.2 Å². The first-order chi connectivity index (χ1) is 8.63. The van der Waals surface area contributed by atoms with Crippen molar-refractivity contribution in [2.45, 2.75) is 57.5 Å². The minimum Gasteiger partial charge on any atom is -0.466 e. The quantitative estimate of drug-likeness (QED) is 0.857. The predicted octanol–water partition coefficient (Wildman–Crippen LogP) is 1.91. The van der Waals surface area contributed by atoms with Gasteiger partial charge in [0.1, 0.15) is 11.5 Å². The van der Waals surface area contributed by atoms with Crippen molar-refractivity contribution in [3.63, 3.8) is 0 Å². The molecule has 18 heavy (non-hydrogen) atoms. The Morgan fingerprint density at radius 1 is 1.39 bits per heavy atom. The zero-order valence-corrected chi connectivity index (χ0v) is 10.9. The van der Waals surface area contributed by atoms with Gasteiger partial charge in [-0.3, -0.25) is 4.79 Å². The van der Waals surface area contributed by atoms with E-state index >= 15 is 0 Å². The lowest BCUT2D eigenvalue weighted by Gasteiger charge is -2.26. The molecule has 0 radical (unpaired) electrons. The van der Waals surface area contributed by atoms with Crippen LogP contribution in [0, 0.1) is 6.92 Å². The van der Waals surface area contributed by atoms with Gasteiger partial charge in [0.15, 0.2) is 0 Å². The second-order valence-corrected chi connectivity index (χ2v) is 5.19. The number of hydrogen-bond acceptors (Lipinski definition) is 3. The van der Waals surface area contributed by atoms with E-state index in [0.29, 0.717) is 24.9 Å². The molecule has 0 atom stereocenters. The molecule has 1 amide bonds. The largest absolute Gasteiger partial charge is 0.466 e. The Hall–Kier alpha value is -1.29. The molecule has 1 aliphatic rings. The lowest BCUT2D eigenvalue weighted by Crippen LogP contribution is -2.40. The number of carbonyl (C=O) groups excluding carboxylic acids is 1. The van der Waals surface area contributed by atoms with Crippen molar-refractivity contribution in [1.29, 1.82) is 0 Å². The summed E-state index contributed by atoms with van der Waals surface area (Å²) in [5.41, 5.74) is 5.84. The normalized spacial score (nSPS) is 23.9. The second-order valence-electron chi connectivity index (χ2n) is 5.19. The van der Waals surface area contributed by atoms with Crippen molar-refractivity contribution in [3.05, 3.63) is 23.7 Å². The summed E-state index contributed by atoms with van der Waals surface area (Å²) in [6.45, 7) is 1.91. The fourth-order valence-electron chi connectivity index (χ4n) is 2.42. The lowest BCUT2D eigenvalue weighted by molar-refractivity contribution is -0.122. The molecule has 0 saturated heterocycles. The average molecular weight is 250 g/mol. The number of amides is 1. The van der Waals surface area contributed by atoms with Crippen molar-refractivity contribution >= 4 is 5.91 Å². The number of furan rings is 1. The van der Waals surface area contributed by atoms with Crippen LogP contribution in [-0.4, -0.2) is 18.0 Å². The van der Waals surface area contributed by atoms with E-state index in [1.165, 1.54) is 0 Å². The van der Waals surface area contributed by atoms with Crippen LogP contribution >= 0.6 is 0 Å². The van der Waals surface area contributed by atoms with Gasteiger partial charge in [0.25, 0.3) is 0 Å². The third kappa shape index (κ3) is 3.88. The Labute approximate surface area is 108 Å². The maximum Gasteiger partial charge on any atom is 0.220 e. The minimum atomic E-state index is 0.115. The molecule has 0 aromatic carbocycles. The van der Waals surface area contributed by atoms with Crippen LogP contribution in [0.15, 0.2) is 16.5 Å². The van der Waals surface area contributed by atoms with Crippen molar-refractivity contribution in [3.8, 4) is 0 Å².